The van der Waals surface area contributed by atoms with Crippen LogP contribution in [0.25, 0.3) is 0 Å². The first-order valence-corrected chi connectivity index (χ1v) is 9.89. The summed E-state index contributed by atoms with van der Waals surface area (Å²) in [4.78, 5) is 17.8. The van der Waals surface area contributed by atoms with Gasteiger partial charge in [-0.2, -0.15) is 0 Å². The van der Waals surface area contributed by atoms with E-state index in [0.717, 1.165) is 45.2 Å². The Hall–Kier alpha value is -0.630. The summed E-state index contributed by atoms with van der Waals surface area (Å²) in [6, 6.07) is 4.29. The maximum atomic E-state index is 12.1. The summed E-state index contributed by atoms with van der Waals surface area (Å²) in [5, 5.41) is 2.95. The van der Waals surface area contributed by atoms with Gasteiger partial charge in [-0.25, -0.2) is 4.79 Å². The van der Waals surface area contributed by atoms with E-state index in [1.54, 1.807) is 11.3 Å². The molecule has 1 N–H and O–H groups in total. The molecule has 0 unspecified atom stereocenters. The zero-order valence-electron chi connectivity index (χ0n) is 13.3. The number of urea groups is 1. The molecule has 1 aromatic rings. The van der Waals surface area contributed by atoms with Crippen molar-refractivity contribution in [3.63, 3.8) is 0 Å². The Kier molecular flexibility index (Phi) is 6.33. The van der Waals surface area contributed by atoms with Crippen molar-refractivity contribution in [3.05, 3.63) is 20.8 Å². The van der Waals surface area contributed by atoms with Crippen molar-refractivity contribution in [3.8, 4) is 0 Å². The molecule has 0 radical (unpaired) electrons. The quantitative estimate of drug-likeness (QED) is 0.714. The molecule has 1 saturated heterocycles. The average Bonchev–Trinajstić information content (AvgIpc) is 3.29. The van der Waals surface area contributed by atoms with Gasteiger partial charge >= 0.3 is 6.03 Å². The van der Waals surface area contributed by atoms with Crippen LogP contribution in [0.15, 0.2) is 15.9 Å². The Bertz CT molecular complexity index is 513. The van der Waals surface area contributed by atoms with Crippen molar-refractivity contribution >= 4 is 33.3 Å². The van der Waals surface area contributed by atoms with E-state index < -0.39 is 0 Å². The molecule has 3 rings (SSSR count). The van der Waals surface area contributed by atoms with Crippen LogP contribution in [-0.4, -0.2) is 61.8 Å². The summed E-state index contributed by atoms with van der Waals surface area (Å²) in [7, 11) is 0. The average molecular weight is 402 g/mol. The Morgan fingerprint density at radius 1 is 1.30 bits per heavy atom. The van der Waals surface area contributed by atoms with E-state index in [-0.39, 0.29) is 6.03 Å². The van der Waals surface area contributed by atoms with E-state index in [2.05, 4.69) is 38.3 Å². The fraction of sp³-hybridized carbons (Fsp3) is 0.688. The number of thiophene rings is 1. The van der Waals surface area contributed by atoms with Crippen molar-refractivity contribution < 1.29 is 9.53 Å². The van der Waals surface area contributed by atoms with Gasteiger partial charge in [-0.15, -0.1) is 11.3 Å². The van der Waals surface area contributed by atoms with Gasteiger partial charge in [0, 0.05) is 50.8 Å². The third kappa shape index (κ3) is 5.74. The third-order valence-corrected chi connectivity index (χ3v) is 5.85. The predicted molar refractivity (Wildman–Crippen MR) is 95.8 cm³/mol. The van der Waals surface area contributed by atoms with E-state index >= 15 is 0 Å². The highest BCUT2D eigenvalue weighted by molar-refractivity contribution is 9.11. The van der Waals surface area contributed by atoms with Crippen LogP contribution >= 0.6 is 27.3 Å². The summed E-state index contributed by atoms with van der Waals surface area (Å²) in [5.74, 6) is 0.780. The minimum atomic E-state index is 0.0403. The SMILES string of the molecule is O=C(NCCOCC1CC1)N1CCN(Cc2ccc(Br)s2)CC1. The number of halogens is 1. The molecule has 1 aliphatic carbocycles. The molecule has 7 heteroatoms. The Morgan fingerprint density at radius 2 is 2.09 bits per heavy atom. The highest BCUT2D eigenvalue weighted by atomic mass is 79.9. The third-order valence-electron chi connectivity index (χ3n) is 4.24. The number of nitrogens with zero attached hydrogens (tertiary/aromatic N) is 2. The first kappa shape index (κ1) is 17.2. The van der Waals surface area contributed by atoms with Gasteiger partial charge in [-0.1, -0.05) is 0 Å². The van der Waals surface area contributed by atoms with E-state index in [9.17, 15) is 4.79 Å². The van der Waals surface area contributed by atoms with Crippen molar-refractivity contribution in [1.82, 2.24) is 15.1 Å². The topological polar surface area (TPSA) is 44.8 Å². The zero-order chi connectivity index (χ0) is 16.1. The lowest BCUT2D eigenvalue weighted by atomic mass is 10.3. The molecule has 128 valence electrons. The molecule has 2 fully saturated rings. The van der Waals surface area contributed by atoms with Gasteiger partial charge in [0.1, 0.15) is 0 Å². The number of rotatable bonds is 7. The molecular weight excluding hydrogens is 378 g/mol. The lowest BCUT2D eigenvalue weighted by Crippen LogP contribution is -2.51. The highest BCUT2D eigenvalue weighted by Gasteiger charge is 2.22. The maximum absolute atomic E-state index is 12.1. The molecule has 0 bridgehead atoms. The fourth-order valence-electron chi connectivity index (χ4n) is 2.64. The van der Waals surface area contributed by atoms with Crippen LogP contribution in [0.2, 0.25) is 0 Å². The summed E-state index contributed by atoms with van der Waals surface area (Å²) in [5.41, 5.74) is 0. The number of piperazine rings is 1. The lowest BCUT2D eigenvalue weighted by Gasteiger charge is -2.34. The molecule has 23 heavy (non-hydrogen) atoms. The molecule has 1 saturated carbocycles. The number of carbonyl (C=O) groups is 1. The van der Waals surface area contributed by atoms with Crippen LogP contribution < -0.4 is 5.32 Å². The lowest BCUT2D eigenvalue weighted by molar-refractivity contribution is 0.117. The van der Waals surface area contributed by atoms with E-state index in [4.69, 9.17) is 4.74 Å². The number of hydrogen-bond donors (Lipinski definition) is 1. The van der Waals surface area contributed by atoms with Crippen molar-refractivity contribution in [2.75, 3.05) is 45.9 Å². The zero-order valence-corrected chi connectivity index (χ0v) is 15.7. The highest BCUT2D eigenvalue weighted by Crippen LogP contribution is 2.28. The van der Waals surface area contributed by atoms with Crippen LogP contribution in [0.1, 0.15) is 17.7 Å². The van der Waals surface area contributed by atoms with E-state index in [1.165, 1.54) is 21.5 Å². The minimum absolute atomic E-state index is 0.0403. The Morgan fingerprint density at radius 3 is 2.74 bits per heavy atom. The van der Waals surface area contributed by atoms with E-state index in [1.807, 2.05) is 4.90 Å². The van der Waals surface area contributed by atoms with Gasteiger partial charge in [0.25, 0.3) is 0 Å². The summed E-state index contributed by atoms with van der Waals surface area (Å²) in [6.07, 6.45) is 2.61. The van der Waals surface area contributed by atoms with Gasteiger partial charge < -0.3 is 15.0 Å². The number of carbonyl (C=O) groups excluding carboxylic acids is 1. The Labute approximate surface area is 150 Å². The molecule has 0 aromatic carbocycles. The molecule has 0 spiro atoms. The monoisotopic (exact) mass is 401 g/mol. The number of hydrogen-bond acceptors (Lipinski definition) is 4. The van der Waals surface area contributed by atoms with Crippen LogP contribution in [0.4, 0.5) is 4.79 Å². The predicted octanol–water partition coefficient (Wildman–Crippen LogP) is 2.76. The summed E-state index contributed by atoms with van der Waals surface area (Å²) < 4.78 is 6.71. The minimum Gasteiger partial charge on any atom is -0.379 e. The largest absolute Gasteiger partial charge is 0.379 e. The normalized spacial score (nSPS) is 19.1. The maximum Gasteiger partial charge on any atom is 0.317 e. The number of ether oxygens (including phenoxy) is 1. The van der Waals surface area contributed by atoms with E-state index in [0.29, 0.717) is 13.2 Å². The number of amides is 2. The second kappa shape index (κ2) is 8.46. The first-order chi connectivity index (χ1) is 11.2. The molecule has 2 aliphatic rings. The molecule has 1 aliphatic heterocycles. The van der Waals surface area contributed by atoms with Gasteiger partial charge in [0.2, 0.25) is 0 Å². The van der Waals surface area contributed by atoms with Crippen LogP contribution in [0.5, 0.6) is 0 Å². The first-order valence-electron chi connectivity index (χ1n) is 8.28. The molecule has 2 heterocycles. The molecule has 5 nitrogen and oxygen atoms in total. The van der Waals surface area contributed by atoms with Crippen LogP contribution in [0, 0.1) is 5.92 Å². The summed E-state index contributed by atoms with van der Waals surface area (Å²) in [6.45, 7) is 6.50. The van der Waals surface area contributed by atoms with Crippen molar-refractivity contribution in [2.24, 2.45) is 5.92 Å². The smallest absolute Gasteiger partial charge is 0.317 e. The molecular formula is C16H24BrN3O2S. The second-order valence-corrected chi connectivity index (χ2v) is 8.77. The molecule has 2 amide bonds. The second-order valence-electron chi connectivity index (χ2n) is 6.22. The summed E-state index contributed by atoms with van der Waals surface area (Å²) >= 11 is 5.28. The standard InChI is InChI=1S/C16H24BrN3O2S/c17-15-4-3-14(23-15)11-19-6-8-20(9-7-19)16(21)18-5-10-22-12-13-1-2-13/h3-4,13H,1-2,5-12H2,(H,18,21). The Balaban J connectivity index is 1.29. The van der Waals surface area contributed by atoms with Crippen molar-refractivity contribution in [2.45, 2.75) is 19.4 Å². The van der Waals surface area contributed by atoms with Crippen LogP contribution in [-0.2, 0) is 11.3 Å². The van der Waals surface area contributed by atoms with Gasteiger partial charge in [0.15, 0.2) is 0 Å². The molecule has 0 atom stereocenters. The fourth-order valence-corrected chi connectivity index (χ4v) is 4.17. The van der Waals surface area contributed by atoms with Gasteiger partial charge in [-0.05, 0) is 46.8 Å². The number of nitrogens with one attached hydrogen (secondary N) is 1. The van der Waals surface area contributed by atoms with Gasteiger partial charge in [0.05, 0.1) is 10.4 Å². The van der Waals surface area contributed by atoms with Gasteiger partial charge in [-0.3, -0.25) is 4.90 Å². The molecule has 1 aromatic heterocycles. The van der Waals surface area contributed by atoms with Crippen molar-refractivity contribution in [1.29, 1.82) is 0 Å². The van der Waals surface area contributed by atoms with Crippen LogP contribution in [0.3, 0.4) is 0 Å².